The molecule has 0 heterocycles. The minimum atomic E-state index is 0.0688. The Labute approximate surface area is 133 Å². The second kappa shape index (κ2) is 7.27. The number of methoxy groups -OCH3 is 1. The van der Waals surface area contributed by atoms with Gasteiger partial charge in [0.05, 0.1) is 18.9 Å². The van der Waals surface area contributed by atoms with Crippen LogP contribution in [0.15, 0.2) is 51.9 Å². The molecule has 0 spiro atoms. The zero-order chi connectivity index (χ0) is 15.2. The van der Waals surface area contributed by atoms with Crippen LogP contribution >= 0.6 is 15.9 Å². The van der Waals surface area contributed by atoms with Crippen LogP contribution in [0.1, 0.15) is 19.4 Å². The van der Waals surface area contributed by atoms with Crippen molar-refractivity contribution in [3.8, 4) is 11.5 Å². The molecule has 0 aliphatic rings. The third-order valence-corrected chi connectivity index (χ3v) is 3.24. The molecule has 0 bridgehead atoms. The lowest BCUT2D eigenvalue weighted by atomic mass is 10.2. The zero-order valence-electron chi connectivity index (χ0n) is 12.3. The lowest BCUT2D eigenvalue weighted by Crippen LogP contribution is -2.08. The Balaban J connectivity index is 2.34. The molecule has 0 saturated heterocycles. The van der Waals surface area contributed by atoms with Crippen LogP contribution in [0, 0.1) is 0 Å². The fourth-order valence-corrected chi connectivity index (χ4v) is 2.24. The number of hydrogen-bond donors (Lipinski definition) is 0. The van der Waals surface area contributed by atoms with Crippen molar-refractivity contribution in [2.75, 3.05) is 7.11 Å². The number of nitrogens with zero attached hydrogens (tertiary/aromatic N) is 1. The van der Waals surface area contributed by atoms with E-state index in [2.05, 4.69) is 20.9 Å². The third kappa shape index (κ3) is 4.33. The molecule has 0 saturated carbocycles. The molecule has 0 atom stereocenters. The summed E-state index contributed by atoms with van der Waals surface area (Å²) in [5, 5.41) is 0. The lowest BCUT2D eigenvalue weighted by molar-refractivity contribution is 0.230. The first kappa shape index (κ1) is 15.6. The Morgan fingerprint density at radius 1 is 1.14 bits per heavy atom. The van der Waals surface area contributed by atoms with Crippen LogP contribution in [0.2, 0.25) is 0 Å². The molecule has 2 rings (SSSR count). The molecule has 0 radical (unpaired) electrons. The van der Waals surface area contributed by atoms with E-state index in [0.29, 0.717) is 11.5 Å². The Kier molecular flexibility index (Phi) is 5.39. The highest BCUT2D eigenvalue weighted by Gasteiger charge is 2.10. The highest BCUT2D eigenvalue weighted by atomic mass is 79.9. The lowest BCUT2D eigenvalue weighted by Gasteiger charge is -2.15. The second-order valence-electron chi connectivity index (χ2n) is 4.78. The van der Waals surface area contributed by atoms with Gasteiger partial charge in [0.15, 0.2) is 11.5 Å². The van der Waals surface area contributed by atoms with Crippen molar-refractivity contribution in [2.24, 2.45) is 4.99 Å². The molecule has 2 aromatic carbocycles. The normalized spacial score (nSPS) is 11.1. The van der Waals surface area contributed by atoms with Crippen molar-refractivity contribution in [3.63, 3.8) is 0 Å². The topological polar surface area (TPSA) is 30.8 Å². The van der Waals surface area contributed by atoms with Crippen LogP contribution in [0.25, 0.3) is 0 Å². The number of para-hydroxylation sites is 1. The van der Waals surface area contributed by atoms with Gasteiger partial charge in [0, 0.05) is 16.3 Å². The SMILES string of the molecule is COc1cccc(C=Nc2cccc(Br)c2)c1OC(C)C. The molecule has 0 aromatic heterocycles. The molecule has 4 heteroatoms. The highest BCUT2D eigenvalue weighted by molar-refractivity contribution is 9.10. The van der Waals surface area contributed by atoms with Crippen LogP contribution < -0.4 is 9.47 Å². The quantitative estimate of drug-likeness (QED) is 0.713. The van der Waals surface area contributed by atoms with Crippen LogP contribution in [0.3, 0.4) is 0 Å². The molecule has 0 fully saturated rings. The van der Waals surface area contributed by atoms with Crippen molar-refractivity contribution in [1.82, 2.24) is 0 Å². The van der Waals surface area contributed by atoms with E-state index in [1.807, 2.05) is 56.3 Å². The Morgan fingerprint density at radius 3 is 2.57 bits per heavy atom. The number of benzene rings is 2. The first-order chi connectivity index (χ1) is 10.1. The van der Waals surface area contributed by atoms with Crippen molar-refractivity contribution < 1.29 is 9.47 Å². The molecule has 0 N–H and O–H groups in total. The molecule has 0 aliphatic carbocycles. The summed E-state index contributed by atoms with van der Waals surface area (Å²) in [6, 6.07) is 13.6. The summed E-state index contributed by atoms with van der Waals surface area (Å²) in [6.45, 7) is 3.98. The van der Waals surface area contributed by atoms with Gasteiger partial charge in [-0.1, -0.05) is 28.1 Å². The fraction of sp³-hybridized carbons (Fsp3) is 0.235. The zero-order valence-corrected chi connectivity index (χ0v) is 13.9. The van der Waals surface area contributed by atoms with Gasteiger partial charge in [0.1, 0.15) is 0 Å². The summed E-state index contributed by atoms with van der Waals surface area (Å²) >= 11 is 3.44. The fourth-order valence-electron chi connectivity index (χ4n) is 1.86. The van der Waals surface area contributed by atoms with Crippen molar-refractivity contribution >= 4 is 27.8 Å². The van der Waals surface area contributed by atoms with Crippen LogP contribution in [-0.4, -0.2) is 19.4 Å². The molecule has 3 nitrogen and oxygen atoms in total. The van der Waals surface area contributed by atoms with Gasteiger partial charge in [-0.25, -0.2) is 0 Å². The number of rotatable bonds is 5. The van der Waals surface area contributed by atoms with Crippen molar-refractivity contribution in [2.45, 2.75) is 20.0 Å². The van der Waals surface area contributed by atoms with Gasteiger partial charge in [0.2, 0.25) is 0 Å². The minimum Gasteiger partial charge on any atom is -0.493 e. The van der Waals surface area contributed by atoms with Crippen molar-refractivity contribution in [3.05, 3.63) is 52.5 Å². The average Bonchev–Trinajstić information content (AvgIpc) is 2.45. The van der Waals surface area contributed by atoms with Crippen LogP contribution in [0.5, 0.6) is 11.5 Å². The van der Waals surface area contributed by atoms with E-state index in [-0.39, 0.29) is 6.10 Å². The van der Waals surface area contributed by atoms with E-state index in [1.165, 1.54) is 0 Å². The minimum absolute atomic E-state index is 0.0688. The summed E-state index contributed by atoms with van der Waals surface area (Å²) in [5.41, 5.74) is 1.77. The average molecular weight is 348 g/mol. The first-order valence-electron chi connectivity index (χ1n) is 6.73. The van der Waals surface area contributed by atoms with E-state index in [1.54, 1.807) is 13.3 Å². The van der Waals surface area contributed by atoms with E-state index in [4.69, 9.17) is 9.47 Å². The Hall–Kier alpha value is -1.81. The summed E-state index contributed by atoms with van der Waals surface area (Å²) in [6.07, 6.45) is 1.86. The number of aliphatic imine (C=N–C) groups is 1. The van der Waals surface area contributed by atoms with Gasteiger partial charge in [-0.15, -0.1) is 0 Å². The monoisotopic (exact) mass is 347 g/mol. The molecule has 0 unspecified atom stereocenters. The summed E-state index contributed by atoms with van der Waals surface area (Å²) in [5.74, 6) is 1.43. The third-order valence-electron chi connectivity index (χ3n) is 2.74. The van der Waals surface area contributed by atoms with Gasteiger partial charge < -0.3 is 9.47 Å². The van der Waals surface area contributed by atoms with E-state index >= 15 is 0 Å². The largest absolute Gasteiger partial charge is 0.493 e. The van der Waals surface area contributed by atoms with Gasteiger partial charge in [-0.2, -0.15) is 0 Å². The summed E-state index contributed by atoms with van der Waals surface area (Å²) in [7, 11) is 1.64. The predicted octanol–water partition coefficient (Wildman–Crippen LogP) is 5.00. The highest BCUT2D eigenvalue weighted by Crippen LogP contribution is 2.31. The molecular weight excluding hydrogens is 330 g/mol. The van der Waals surface area contributed by atoms with Gasteiger partial charge >= 0.3 is 0 Å². The standard InChI is InChI=1S/C17H18BrNO2/c1-12(2)21-17-13(6-4-9-16(17)20-3)11-19-15-8-5-7-14(18)10-15/h4-12H,1-3H3. The molecule has 0 amide bonds. The smallest absolute Gasteiger partial charge is 0.170 e. The van der Waals surface area contributed by atoms with Crippen LogP contribution in [0.4, 0.5) is 5.69 Å². The van der Waals surface area contributed by atoms with Crippen LogP contribution in [-0.2, 0) is 0 Å². The molecule has 0 aliphatic heterocycles. The summed E-state index contributed by atoms with van der Waals surface area (Å²) < 4.78 is 12.2. The van der Waals surface area contributed by atoms with E-state index < -0.39 is 0 Å². The molecular formula is C17H18BrNO2. The van der Waals surface area contributed by atoms with E-state index in [9.17, 15) is 0 Å². The maximum atomic E-state index is 5.85. The first-order valence-corrected chi connectivity index (χ1v) is 7.52. The van der Waals surface area contributed by atoms with Gasteiger partial charge in [-0.05, 0) is 44.2 Å². The maximum absolute atomic E-state index is 5.85. The number of halogens is 1. The van der Waals surface area contributed by atoms with Gasteiger partial charge in [-0.3, -0.25) is 4.99 Å². The number of hydrogen-bond acceptors (Lipinski definition) is 3. The van der Waals surface area contributed by atoms with Crippen molar-refractivity contribution in [1.29, 1.82) is 0 Å². The summed E-state index contributed by atoms with van der Waals surface area (Å²) in [4.78, 5) is 4.49. The molecule has 110 valence electrons. The van der Waals surface area contributed by atoms with E-state index in [0.717, 1.165) is 15.7 Å². The number of ether oxygens (including phenoxy) is 2. The Bertz CT molecular complexity index is 638. The molecule has 21 heavy (non-hydrogen) atoms. The second-order valence-corrected chi connectivity index (χ2v) is 5.70. The van der Waals surface area contributed by atoms with Gasteiger partial charge in [0.25, 0.3) is 0 Å². The Morgan fingerprint density at radius 2 is 1.90 bits per heavy atom. The molecule has 2 aromatic rings. The predicted molar refractivity (Wildman–Crippen MR) is 90.2 cm³/mol. The maximum Gasteiger partial charge on any atom is 0.170 e.